The quantitative estimate of drug-likeness (QED) is 0.356. The number of hydrogen-bond acceptors (Lipinski definition) is 3. The monoisotopic (exact) mass is 460 g/mol. The molecule has 1 fully saturated rings. The summed E-state index contributed by atoms with van der Waals surface area (Å²) in [5.41, 5.74) is 1.35. The Morgan fingerprint density at radius 2 is 1.92 bits per heavy atom. The Balaban J connectivity index is 0.00000312. The van der Waals surface area contributed by atoms with Crippen molar-refractivity contribution in [2.45, 2.75) is 19.3 Å². The highest BCUT2D eigenvalue weighted by Crippen LogP contribution is 2.15. The minimum atomic E-state index is 0. The summed E-state index contributed by atoms with van der Waals surface area (Å²) in [7, 11) is 3.61. The first-order chi connectivity index (χ1) is 11.8. The molecule has 0 spiro atoms. The SMILES string of the molecule is CN=C(NCCc1ccccc1)NCC1CCN(CCOC)CC1.I. The van der Waals surface area contributed by atoms with Gasteiger partial charge in [0.2, 0.25) is 0 Å². The molecule has 142 valence electrons. The van der Waals surface area contributed by atoms with Crippen LogP contribution in [0, 0.1) is 5.92 Å². The minimum absolute atomic E-state index is 0. The second kappa shape index (κ2) is 13.4. The smallest absolute Gasteiger partial charge is 0.190 e. The maximum atomic E-state index is 5.16. The molecule has 0 aromatic heterocycles. The van der Waals surface area contributed by atoms with Crippen LogP contribution in [0.1, 0.15) is 18.4 Å². The van der Waals surface area contributed by atoms with E-state index in [0.29, 0.717) is 0 Å². The highest BCUT2D eigenvalue weighted by atomic mass is 127. The average Bonchev–Trinajstić information content (AvgIpc) is 2.64. The first-order valence-electron chi connectivity index (χ1n) is 9.01. The zero-order valence-electron chi connectivity index (χ0n) is 15.5. The fourth-order valence-corrected chi connectivity index (χ4v) is 3.07. The topological polar surface area (TPSA) is 48.9 Å². The Morgan fingerprint density at radius 1 is 1.20 bits per heavy atom. The third kappa shape index (κ3) is 8.87. The van der Waals surface area contributed by atoms with Crippen LogP contribution in [0.3, 0.4) is 0 Å². The van der Waals surface area contributed by atoms with Gasteiger partial charge in [-0.1, -0.05) is 30.3 Å². The summed E-state index contributed by atoms with van der Waals surface area (Å²) in [5, 5.41) is 6.89. The molecule has 2 rings (SSSR count). The number of benzene rings is 1. The summed E-state index contributed by atoms with van der Waals surface area (Å²) in [6, 6.07) is 10.5. The molecule has 1 aliphatic rings. The third-order valence-corrected chi connectivity index (χ3v) is 4.65. The van der Waals surface area contributed by atoms with Gasteiger partial charge in [-0.05, 0) is 43.8 Å². The fraction of sp³-hybridized carbons (Fsp3) is 0.632. The largest absolute Gasteiger partial charge is 0.383 e. The third-order valence-electron chi connectivity index (χ3n) is 4.65. The number of halogens is 1. The highest BCUT2D eigenvalue weighted by molar-refractivity contribution is 14.0. The molecule has 0 amide bonds. The van der Waals surface area contributed by atoms with Crippen LogP contribution in [0.5, 0.6) is 0 Å². The molecule has 2 N–H and O–H groups in total. The van der Waals surface area contributed by atoms with E-state index in [2.05, 4.69) is 50.9 Å². The van der Waals surface area contributed by atoms with E-state index < -0.39 is 0 Å². The summed E-state index contributed by atoms with van der Waals surface area (Å²) >= 11 is 0. The predicted octanol–water partition coefficient (Wildman–Crippen LogP) is 2.37. The summed E-state index contributed by atoms with van der Waals surface area (Å²) in [4.78, 5) is 6.82. The molecule has 1 aromatic rings. The first kappa shape index (κ1) is 22.2. The van der Waals surface area contributed by atoms with E-state index in [0.717, 1.165) is 44.5 Å². The lowest BCUT2D eigenvalue weighted by Crippen LogP contribution is -2.43. The van der Waals surface area contributed by atoms with Crippen LogP contribution in [-0.4, -0.2) is 64.3 Å². The van der Waals surface area contributed by atoms with E-state index in [1.54, 1.807) is 7.11 Å². The molecule has 1 heterocycles. The van der Waals surface area contributed by atoms with Gasteiger partial charge in [0, 0.05) is 33.8 Å². The van der Waals surface area contributed by atoms with Crippen molar-refractivity contribution in [3.8, 4) is 0 Å². The van der Waals surface area contributed by atoms with Crippen LogP contribution < -0.4 is 10.6 Å². The van der Waals surface area contributed by atoms with Gasteiger partial charge in [0.1, 0.15) is 0 Å². The lowest BCUT2D eigenvalue weighted by atomic mass is 9.97. The summed E-state index contributed by atoms with van der Waals surface area (Å²) in [6.45, 7) is 6.15. The maximum absolute atomic E-state index is 5.16. The van der Waals surface area contributed by atoms with Crippen molar-refractivity contribution < 1.29 is 4.74 Å². The Hall–Kier alpha value is -0.860. The van der Waals surface area contributed by atoms with Crippen LogP contribution in [0.15, 0.2) is 35.3 Å². The van der Waals surface area contributed by atoms with Gasteiger partial charge < -0.3 is 20.3 Å². The lowest BCUT2D eigenvalue weighted by Gasteiger charge is -2.32. The van der Waals surface area contributed by atoms with E-state index in [9.17, 15) is 0 Å². The van der Waals surface area contributed by atoms with Crippen LogP contribution in [0.4, 0.5) is 0 Å². The van der Waals surface area contributed by atoms with Crippen molar-refractivity contribution in [1.29, 1.82) is 0 Å². The molecule has 0 unspecified atom stereocenters. The van der Waals surface area contributed by atoms with Crippen molar-refractivity contribution in [3.05, 3.63) is 35.9 Å². The van der Waals surface area contributed by atoms with Gasteiger partial charge in [-0.25, -0.2) is 0 Å². The zero-order chi connectivity index (χ0) is 17.0. The normalized spacial score (nSPS) is 16.3. The molecule has 1 saturated heterocycles. The summed E-state index contributed by atoms with van der Waals surface area (Å²) in [5.74, 6) is 1.64. The van der Waals surface area contributed by atoms with Crippen LogP contribution >= 0.6 is 24.0 Å². The van der Waals surface area contributed by atoms with E-state index in [4.69, 9.17) is 4.74 Å². The lowest BCUT2D eigenvalue weighted by molar-refractivity contribution is 0.121. The second-order valence-corrected chi connectivity index (χ2v) is 6.39. The fourth-order valence-electron chi connectivity index (χ4n) is 3.07. The highest BCUT2D eigenvalue weighted by Gasteiger charge is 2.18. The molecule has 0 aliphatic carbocycles. The summed E-state index contributed by atoms with van der Waals surface area (Å²) < 4.78 is 5.16. The number of rotatable bonds is 8. The molecular weight excluding hydrogens is 427 g/mol. The number of nitrogens with one attached hydrogen (secondary N) is 2. The summed E-state index contributed by atoms with van der Waals surface area (Å²) in [6.07, 6.45) is 3.51. The van der Waals surface area contributed by atoms with Crippen molar-refractivity contribution >= 4 is 29.9 Å². The number of hydrogen-bond donors (Lipinski definition) is 2. The number of methoxy groups -OCH3 is 1. The van der Waals surface area contributed by atoms with Gasteiger partial charge in [-0.2, -0.15) is 0 Å². The number of aliphatic imine (C=N–C) groups is 1. The Labute approximate surface area is 169 Å². The Bertz CT molecular complexity index is 476. The maximum Gasteiger partial charge on any atom is 0.190 e. The molecule has 0 radical (unpaired) electrons. The predicted molar refractivity (Wildman–Crippen MR) is 116 cm³/mol. The van der Waals surface area contributed by atoms with Gasteiger partial charge in [0.25, 0.3) is 0 Å². The average molecular weight is 460 g/mol. The van der Waals surface area contributed by atoms with Gasteiger partial charge in [0.05, 0.1) is 6.61 Å². The van der Waals surface area contributed by atoms with Crippen molar-refractivity contribution in [2.75, 3.05) is 53.5 Å². The van der Waals surface area contributed by atoms with Crippen LogP contribution in [0.2, 0.25) is 0 Å². The zero-order valence-corrected chi connectivity index (χ0v) is 17.9. The van der Waals surface area contributed by atoms with Crippen molar-refractivity contribution in [1.82, 2.24) is 15.5 Å². The number of likely N-dealkylation sites (tertiary alicyclic amines) is 1. The molecule has 6 heteroatoms. The molecule has 0 saturated carbocycles. The molecular formula is C19H33IN4O. The van der Waals surface area contributed by atoms with Gasteiger partial charge >= 0.3 is 0 Å². The Morgan fingerprint density at radius 3 is 2.56 bits per heavy atom. The van der Waals surface area contributed by atoms with Crippen LogP contribution in [0.25, 0.3) is 0 Å². The standard InChI is InChI=1S/C19H32N4O.HI/c1-20-19(21-11-8-17-6-4-3-5-7-17)22-16-18-9-12-23(13-10-18)14-15-24-2;/h3-7,18H,8-16H2,1-2H3,(H2,20,21,22);1H. The molecule has 0 bridgehead atoms. The number of guanidine groups is 1. The molecule has 1 aliphatic heterocycles. The Kier molecular flexibility index (Phi) is 11.9. The molecule has 0 atom stereocenters. The van der Waals surface area contributed by atoms with E-state index in [1.807, 2.05) is 7.05 Å². The van der Waals surface area contributed by atoms with Gasteiger partial charge in [-0.3, -0.25) is 4.99 Å². The van der Waals surface area contributed by atoms with Crippen molar-refractivity contribution in [3.63, 3.8) is 0 Å². The second-order valence-electron chi connectivity index (χ2n) is 6.39. The van der Waals surface area contributed by atoms with Gasteiger partial charge in [0.15, 0.2) is 5.96 Å². The molecule has 1 aromatic carbocycles. The number of ether oxygens (including phenoxy) is 1. The van der Waals surface area contributed by atoms with Crippen molar-refractivity contribution in [2.24, 2.45) is 10.9 Å². The van der Waals surface area contributed by atoms with Crippen LogP contribution in [-0.2, 0) is 11.2 Å². The minimum Gasteiger partial charge on any atom is -0.383 e. The van der Waals surface area contributed by atoms with E-state index in [-0.39, 0.29) is 24.0 Å². The number of nitrogens with zero attached hydrogens (tertiary/aromatic N) is 2. The van der Waals surface area contributed by atoms with E-state index >= 15 is 0 Å². The molecule has 5 nitrogen and oxygen atoms in total. The number of piperidine rings is 1. The van der Waals surface area contributed by atoms with E-state index in [1.165, 1.54) is 31.5 Å². The van der Waals surface area contributed by atoms with Gasteiger partial charge in [-0.15, -0.1) is 24.0 Å². The first-order valence-corrected chi connectivity index (χ1v) is 9.01. The molecule has 25 heavy (non-hydrogen) atoms.